The molecule has 2 atom stereocenters. The minimum atomic E-state index is -0.771. The van der Waals surface area contributed by atoms with E-state index in [0.29, 0.717) is 0 Å². The molecule has 162 valence electrons. The summed E-state index contributed by atoms with van der Waals surface area (Å²) in [7, 11) is 0. The molecule has 0 bridgehead atoms. The summed E-state index contributed by atoms with van der Waals surface area (Å²) < 4.78 is 5.54. The number of aliphatic carboxylic acids is 1. The highest BCUT2D eigenvalue weighted by atomic mass is 16.5. The number of hydrogen-bond donors (Lipinski definition) is 2. The number of nitrogens with one attached hydrogen (secondary N) is 1. The second kappa shape index (κ2) is 10.5. The molecule has 3 rings (SSSR count). The van der Waals surface area contributed by atoms with E-state index in [0.717, 1.165) is 61.9 Å². The molecule has 7 nitrogen and oxygen atoms in total. The van der Waals surface area contributed by atoms with Gasteiger partial charge in [-0.1, -0.05) is 26.0 Å². The van der Waals surface area contributed by atoms with Crippen LogP contribution in [0.5, 0.6) is 0 Å². The molecule has 0 aliphatic carbocycles. The van der Waals surface area contributed by atoms with Gasteiger partial charge in [0.1, 0.15) is 5.82 Å². The molecule has 7 heteroatoms. The molecule has 0 amide bonds. The van der Waals surface area contributed by atoms with Gasteiger partial charge in [-0.15, -0.1) is 0 Å². The summed E-state index contributed by atoms with van der Waals surface area (Å²) in [6.45, 7) is 9.41. The van der Waals surface area contributed by atoms with E-state index in [1.165, 1.54) is 5.56 Å². The zero-order valence-electron chi connectivity index (χ0n) is 18.1. The fourth-order valence-corrected chi connectivity index (χ4v) is 4.11. The van der Waals surface area contributed by atoms with Crippen LogP contribution >= 0.6 is 0 Å². The van der Waals surface area contributed by atoms with Crippen LogP contribution in [0.3, 0.4) is 0 Å². The molecule has 30 heavy (non-hydrogen) atoms. The fraction of sp³-hybridized carbons (Fsp3) is 0.522. The average molecular weight is 413 g/mol. The van der Waals surface area contributed by atoms with Gasteiger partial charge >= 0.3 is 5.97 Å². The summed E-state index contributed by atoms with van der Waals surface area (Å²) in [5.41, 5.74) is 4.05. The molecule has 0 spiro atoms. The molecule has 0 saturated carbocycles. The van der Waals surface area contributed by atoms with Gasteiger partial charge in [0.25, 0.3) is 0 Å². The van der Waals surface area contributed by atoms with Crippen LogP contribution in [0, 0.1) is 6.92 Å². The Morgan fingerprint density at radius 3 is 2.50 bits per heavy atom. The maximum absolute atomic E-state index is 11.3. The topological polar surface area (TPSA) is 87.6 Å². The van der Waals surface area contributed by atoms with Crippen molar-refractivity contribution in [2.75, 3.05) is 31.6 Å². The number of carboxylic acid groups (broad SMARTS) is 1. The van der Waals surface area contributed by atoms with Crippen molar-refractivity contribution in [3.05, 3.63) is 47.5 Å². The van der Waals surface area contributed by atoms with Crippen LogP contribution in [0.2, 0.25) is 0 Å². The first-order valence-corrected chi connectivity index (χ1v) is 10.7. The van der Waals surface area contributed by atoms with Gasteiger partial charge in [-0.2, -0.15) is 0 Å². The first-order chi connectivity index (χ1) is 14.5. The summed E-state index contributed by atoms with van der Waals surface area (Å²) in [6, 6.07) is 6.61. The molecule has 1 saturated heterocycles. The third-order valence-electron chi connectivity index (χ3n) is 5.75. The fourth-order valence-electron chi connectivity index (χ4n) is 4.11. The van der Waals surface area contributed by atoms with E-state index in [9.17, 15) is 9.90 Å². The lowest BCUT2D eigenvalue weighted by molar-refractivity contribution is -0.137. The molecule has 0 radical (unpaired) electrons. The van der Waals surface area contributed by atoms with E-state index in [1.807, 2.05) is 13.8 Å². The van der Waals surface area contributed by atoms with Gasteiger partial charge in [-0.05, 0) is 42.9 Å². The van der Waals surface area contributed by atoms with E-state index in [4.69, 9.17) is 4.74 Å². The highest BCUT2D eigenvalue weighted by Crippen LogP contribution is 2.36. The molecule has 2 N–H and O–H groups in total. The minimum Gasteiger partial charge on any atom is -0.481 e. The molecule has 0 unspecified atom stereocenters. The number of morpholine rings is 1. The van der Waals surface area contributed by atoms with Crippen LogP contribution in [-0.2, 0) is 9.53 Å². The van der Waals surface area contributed by atoms with Crippen molar-refractivity contribution >= 4 is 17.3 Å². The lowest BCUT2D eigenvalue weighted by Gasteiger charge is -2.35. The number of nitrogens with zero attached hydrogens (tertiary/aromatic N) is 3. The second-order valence-corrected chi connectivity index (χ2v) is 7.77. The Morgan fingerprint density at radius 2 is 1.90 bits per heavy atom. The van der Waals surface area contributed by atoms with Gasteiger partial charge in [0.15, 0.2) is 0 Å². The van der Waals surface area contributed by atoms with Gasteiger partial charge in [0, 0.05) is 24.8 Å². The largest absolute Gasteiger partial charge is 0.481 e. The molecule has 1 aliphatic rings. The normalized spacial score (nSPS) is 16.8. The van der Waals surface area contributed by atoms with E-state index >= 15 is 0 Å². The molecule has 1 fully saturated rings. The van der Waals surface area contributed by atoms with Gasteiger partial charge in [0.05, 0.1) is 37.7 Å². The van der Waals surface area contributed by atoms with Crippen molar-refractivity contribution in [2.45, 2.75) is 52.0 Å². The molecular formula is C23H32N4O3. The number of rotatable bonds is 9. The van der Waals surface area contributed by atoms with Crippen LogP contribution in [0.1, 0.15) is 62.0 Å². The van der Waals surface area contributed by atoms with Crippen LogP contribution in [0.4, 0.5) is 11.4 Å². The predicted molar refractivity (Wildman–Crippen MR) is 117 cm³/mol. The van der Waals surface area contributed by atoms with E-state index in [-0.39, 0.29) is 18.4 Å². The lowest BCUT2D eigenvalue weighted by Crippen LogP contribution is -2.39. The number of aromatic nitrogens is 2. The predicted octanol–water partition coefficient (Wildman–Crippen LogP) is 4.28. The second-order valence-electron chi connectivity index (χ2n) is 7.77. The van der Waals surface area contributed by atoms with E-state index in [2.05, 4.69) is 45.3 Å². The Hall–Kier alpha value is -2.51. The Kier molecular flexibility index (Phi) is 7.76. The summed E-state index contributed by atoms with van der Waals surface area (Å²) in [6.07, 6.45) is 5.44. The maximum Gasteiger partial charge on any atom is 0.303 e. The van der Waals surface area contributed by atoms with Gasteiger partial charge < -0.3 is 15.2 Å². The van der Waals surface area contributed by atoms with Crippen molar-refractivity contribution in [1.29, 1.82) is 0 Å². The van der Waals surface area contributed by atoms with E-state index in [1.54, 1.807) is 12.4 Å². The van der Waals surface area contributed by atoms with Crippen molar-refractivity contribution in [3.63, 3.8) is 0 Å². The molecule has 2 heterocycles. The van der Waals surface area contributed by atoms with Gasteiger partial charge in [0.2, 0.25) is 0 Å². The highest BCUT2D eigenvalue weighted by molar-refractivity contribution is 5.69. The standard InChI is InChI=1S/C23H32N4O3/c1-4-17(13-23(28)29)18-6-7-20(22(5-2)27-8-10-30-11-9-27)21(12-18)26-19-14-24-16(3)25-15-19/h6-7,12,14-15,17,22,26H,4-5,8-11,13H2,1-3H3,(H,28,29)/t17-,22-/m1/s1. The first-order valence-electron chi connectivity index (χ1n) is 10.7. The maximum atomic E-state index is 11.3. The summed E-state index contributed by atoms with van der Waals surface area (Å²) in [5.74, 6) is -0.0660. The Balaban J connectivity index is 1.98. The summed E-state index contributed by atoms with van der Waals surface area (Å²) in [5, 5.41) is 12.8. The lowest BCUT2D eigenvalue weighted by atomic mass is 9.90. The van der Waals surface area contributed by atoms with Crippen LogP contribution in [0.15, 0.2) is 30.6 Å². The van der Waals surface area contributed by atoms with Crippen LogP contribution < -0.4 is 5.32 Å². The number of aryl methyl sites for hydroxylation is 1. The van der Waals surface area contributed by atoms with Crippen LogP contribution in [0.25, 0.3) is 0 Å². The number of carboxylic acids is 1. The zero-order chi connectivity index (χ0) is 21.5. The van der Waals surface area contributed by atoms with Crippen LogP contribution in [-0.4, -0.2) is 52.2 Å². The summed E-state index contributed by atoms with van der Waals surface area (Å²) >= 11 is 0. The molecule has 2 aromatic rings. The molecule has 1 aromatic heterocycles. The van der Waals surface area contributed by atoms with Crippen molar-refractivity contribution < 1.29 is 14.6 Å². The van der Waals surface area contributed by atoms with Crippen molar-refractivity contribution in [3.8, 4) is 0 Å². The quantitative estimate of drug-likeness (QED) is 0.635. The van der Waals surface area contributed by atoms with Gasteiger partial charge in [-0.3, -0.25) is 9.69 Å². The van der Waals surface area contributed by atoms with E-state index < -0.39 is 5.97 Å². The Morgan fingerprint density at radius 1 is 1.20 bits per heavy atom. The molecule has 1 aliphatic heterocycles. The first kappa shape index (κ1) is 22.2. The number of hydrogen-bond acceptors (Lipinski definition) is 6. The monoisotopic (exact) mass is 412 g/mol. The average Bonchev–Trinajstić information content (AvgIpc) is 2.76. The number of benzene rings is 1. The minimum absolute atomic E-state index is 0.0187. The highest BCUT2D eigenvalue weighted by Gasteiger charge is 2.24. The molecule has 1 aromatic carbocycles. The molecular weight excluding hydrogens is 380 g/mol. The zero-order valence-corrected chi connectivity index (χ0v) is 18.1. The van der Waals surface area contributed by atoms with Crippen molar-refractivity contribution in [2.24, 2.45) is 0 Å². The van der Waals surface area contributed by atoms with Gasteiger partial charge in [-0.25, -0.2) is 9.97 Å². The third-order valence-corrected chi connectivity index (χ3v) is 5.75. The Bertz CT molecular complexity index is 835. The van der Waals surface area contributed by atoms with Crippen molar-refractivity contribution in [1.82, 2.24) is 14.9 Å². The number of ether oxygens (including phenoxy) is 1. The number of anilines is 2. The SMILES string of the molecule is CC[C@H](CC(=O)O)c1ccc([C@@H](CC)N2CCOCC2)c(Nc2cnc(C)nc2)c1. The number of carbonyl (C=O) groups is 1. The Labute approximate surface area is 178 Å². The third kappa shape index (κ3) is 5.55. The smallest absolute Gasteiger partial charge is 0.303 e. The summed E-state index contributed by atoms with van der Waals surface area (Å²) in [4.78, 5) is 22.4.